The molecule has 1 atom stereocenters. The van der Waals surface area contributed by atoms with Crippen LogP contribution in [0.1, 0.15) is 57.6 Å². The molecule has 1 nitrogen and oxygen atoms in total. The molecular formula is C20H27N. The Bertz CT molecular complexity index is 590. The zero-order valence-electron chi connectivity index (χ0n) is 13.4. The molecule has 1 heteroatoms. The lowest BCUT2D eigenvalue weighted by molar-refractivity contribution is 0.147. The molecule has 0 heterocycles. The Balaban J connectivity index is 2.07. The van der Waals surface area contributed by atoms with Gasteiger partial charge in [0.15, 0.2) is 0 Å². The molecule has 2 aromatic carbocycles. The monoisotopic (exact) mass is 281 g/mol. The molecule has 0 aromatic heterocycles. The molecule has 21 heavy (non-hydrogen) atoms. The number of benzene rings is 2. The lowest BCUT2D eigenvalue weighted by Gasteiger charge is -2.42. The normalized spacial score (nSPS) is 19.5. The number of nitrogens with one attached hydrogen (secondary N) is 1. The highest BCUT2D eigenvalue weighted by Gasteiger charge is 2.36. The van der Waals surface area contributed by atoms with Crippen LogP contribution in [0.5, 0.6) is 0 Å². The predicted molar refractivity (Wildman–Crippen MR) is 91.6 cm³/mol. The van der Waals surface area contributed by atoms with Gasteiger partial charge in [-0.3, -0.25) is 0 Å². The molecule has 1 aliphatic carbocycles. The van der Waals surface area contributed by atoms with Gasteiger partial charge in [0.2, 0.25) is 0 Å². The standard InChI is InChI=1S/C20H27N/c1-3-21-19(20(2)14-7-4-8-15-20)18-13-9-11-16-10-5-6-12-17(16)18/h5-6,9-13,19,21H,3-4,7-8,14-15H2,1-2H3. The summed E-state index contributed by atoms with van der Waals surface area (Å²) in [5.74, 6) is 0. The summed E-state index contributed by atoms with van der Waals surface area (Å²) in [7, 11) is 0. The molecule has 1 saturated carbocycles. The van der Waals surface area contributed by atoms with Crippen LogP contribution in [0.15, 0.2) is 42.5 Å². The summed E-state index contributed by atoms with van der Waals surface area (Å²) in [4.78, 5) is 0. The summed E-state index contributed by atoms with van der Waals surface area (Å²) in [6, 6.07) is 16.0. The molecule has 0 bridgehead atoms. The molecule has 1 unspecified atom stereocenters. The second kappa shape index (κ2) is 6.19. The van der Waals surface area contributed by atoms with Gasteiger partial charge in [-0.2, -0.15) is 0 Å². The third kappa shape index (κ3) is 2.85. The lowest BCUT2D eigenvalue weighted by atomic mass is 9.68. The van der Waals surface area contributed by atoms with Crippen molar-refractivity contribution in [1.29, 1.82) is 0 Å². The molecule has 2 aromatic rings. The van der Waals surface area contributed by atoms with Crippen LogP contribution in [0.2, 0.25) is 0 Å². The Morgan fingerprint density at radius 1 is 1.00 bits per heavy atom. The van der Waals surface area contributed by atoms with Crippen LogP contribution in [0, 0.1) is 5.41 Å². The first-order chi connectivity index (χ1) is 10.2. The van der Waals surface area contributed by atoms with E-state index in [0.717, 1.165) is 6.54 Å². The topological polar surface area (TPSA) is 12.0 Å². The first kappa shape index (κ1) is 14.6. The predicted octanol–water partition coefficient (Wildman–Crippen LogP) is 5.46. The number of rotatable bonds is 4. The van der Waals surface area contributed by atoms with Gasteiger partial charge in [0.1, 0.15) is 0 Å². The Morgan fingerprint density at radius 2 is 1.71 bits per heavy atom. The van der Waals surface area contributed by atoms with Crippen molar-refractivity contribution in [3.05, 3.63) is 48.0 Å². The quantitative estimate of drug-likeness (QED) is 0.784. The first-order valence-electron chi connectivity index (χ1n) is 8.46. The minimum Gasteiger partial charge on any atom is -0.310 e. The van der Waals surface area contributed by atoms with E-state index >= 15 is 0 Å². The second-order valence-electron chi connectivity index (χ2n) is 6.77. The molecule has 0 saturated heterocycles. The van der Waals surface area contributed by atoms with Gasteiger partial charge in [0.25, 0.3) is 0 Å². The molecule has 0 amide bonds. The molecular weight excluding hydrogens is 254 g/mol. The van der Waals surface area contributed by atoms with E-state index < -0.39 is 0 Å². The summed E-state index contributed by atoms with van der Waals surface area (Å²) >= 11 is 0. The fourth-order valence-electron chi connectivity index (χ4n) is 4.09. The third-order valence-corrected chi connectivity index (χ3v) is 5.24. The van der Waals surface area contributed by atoms with E-state index in [-0.39, 0.29) is 0 Å². The summed E-state index contributed by atoms with van der Waals surface area (Å²) in [6.07, 6.45) is 6.85. The maximum atomic E-state index is 3.80. The van der Waals surface area contributed by atoms with Gasteiger partial charge in [0, 0.05) is 6.04 Å². The van der Waals surface area contributed by atoms with Gasteiger partial charge in [0.05, 0.1) is 0 Å². The van der Waals surface area contributed by atoms with Crippen molar-refractivity contribution in [1.82, 2.24) is 5.32 Å². The molecule has 1 aliphatic rings. The fraction of sp³-hybridized carbons (Fsp3) is 0.500. The molecule has 1 N–H and O–H groups in total. The van der Waals surface area contributed by atoms with Crippen LogP contribution in [-0.2, 0) is 0 Å². The van der Waals surface area contributed by atoms with E-state index in [9.17, 15) is 0 Å². The van der Waals surface area contributed by atoms with Crippen molar-refractivity contribution < 1.29 is 0 Å². The number of fused-ring (bicyclic) bond motifs is 1. The Labute approximate surface area is 128 Å². The summed E-state index contributed by atoms with van der Waals surface area (Å²) in [5, 5.41) is 6.57. The number of hydrogen-bond donors (Lipinski definition) is 1. The van der Waals surface area contributed by atoms with Crippen molar-refractivity contribution in [2.75, 3.05) is 6.54 Å². The molecule has 0 spiro atoms. The zero-order valence-corrected chi connectivity index (χ0v) is 13.4. The minimum absolute atomic E-state index is 0.387. The Hall–Kier alpha value is -1.34. The van der Waals surface area contributed by atoms with E-state index in [1.807, 2.05) is 0 Å². The maximum absolute atomic E-state index is 3.80. The largest absolute Gasteiger partial charge is 0.310 e. The average molecular weight is 281 g/mol. The minimum atomic E-state index is 0.387. The van der Waals surface area contributed by atoms with E-state index in [0.29, 0.717) is 11.5 Å². The zero-order chi connectivity index (χ0) is 14.7. The molecule has 0 radical (unpaired) electrons. The summed E-state index contributed by atoms with van der Waals surface area (Å²) in [5.41, 5.74) is 1.87. The van der Waals surface area contributed by atoms with Crippen LogP contribution in [0.25, 0.3) is 10.8 Å². The average Bonchev–Trinajstić information content (AvgIpc) is 2.53. The highest BCUT2D eigenvalue weighted by atomic mass is 14.9. The Morgan fingerprint density at radius 3 is 2.48 bits per heavy atom. The van der Waals surface area contributed by atoms with Crippen LogP contribution >= 0.6 is 0 Å². The highest BCUT2D eigenvalue weighted by Crippen LogP contribution is 2.46. The van der Waals surface area contributed by atoms with Gasteiger partial charge in [-0.25, -0.2) is 0 Å². The molecule has 3 rings (SSSR count). The second-order valence-corrected chi connectivity index (χ2v) is 6.77. The van der Waals surface area contributed by atoms with Crippen molar-refractivity contribution >= 4 is 10.8 Å². The van der Waals surface area contributed by atoms with Gasteiger partial charge in [-0.15, -0.1) is 0 Å². The van der Waals surface area contributed by atoms with Crippen molar-refractivity contribution in [3.63, 3.8) is 0 Å². The third-order valence-electron chi connectivity index (χ3n) is 5.24. The van der Waals surface area contributed by atoms with Crippen LogP contribution < -0.4 is 5.32 Å². The van der Waals surface area contributed by atoms with Crippen molar-refractivity contribution in [3.8, 4) is 0 Å². The smallest absolute Gasteiger partial charge is 0.0380 e. The fourth-order valence-corrected chi connectivity index (χ4v) is 4.09. The molecule has 1 fully saturated rings. The Kier molecular flexibility index (Phi) is 4.30. The van der Waals surface area contributed by atoms with Gasteiger partial charge in [-0.05, 0) is 41.1 Å². The van der Waals surface area contributed by atoms with Crippen molar-refractivity contribution in [2.45, 2.75) is 52.0 Å². The first-order valence-corrected chi connectivity index (χ1v) is 8.46. The maximum Gasteiger partial charge on any atom is 0.0380 e. The van der Waals surface area contributed by atoms with Crippen LogP contribution in [-0.4, -0.2) is 6.54 Å². The lowest BCUT2D eigenvalue weighted by Crippen LogP contribution is -2.37. The van der Waals surface area contributed by atoms with E-state index in [4.69, 9.17) is 0 Å². The van der Waals surface area contributed by atoms with Gasteiger partial charge >= 0.3 is 0 Å². The molecule has 0 aliphatic heterocycles. The van der Waals surface area contributed by atoms with E-state index in [1.165, 1.54) is 48.4 Å². The van der Waals surface area contributed by atoms with E-state index in [2.05, 4.69) is 61.6 Å². The summed E-state index contributed by atoms with van der Waals surface area (Å²) < 4.78 is 0. The van der Waals surface area contributed by atoms with E-state index in [1.54, 1.807) is 0 Å². The number of hydrogen-bond acceptors (Lipinski definition) is 1. The van der Waals surface area contributed by atoms with Crippen LogP contribution in [0.3, 0.4) is 0 Å². The van der Waals surface area contributed by atoms with Gasteiger partial charge in [-0.1, -0.05) is 75.6 Å². The molecule has 112 valence electrons. The van der Waals surface area contributed by atoms with Crippen LogP contribution in [0.4, 0.5) is 0 Å². The summed E-state index contributed by atoms with van der Waals surface area (Å²) in [6.45, 7) is 5.75. The van der Waals surface area contributed by atoms with Gasteiger partial charge < -0.3 is 5.32 Å². The SMILES string of the molecule is CCNC(c1cccc2ccccc12)C1(C)CCCCC1. The van der Waals surface area contributed by atoms with Crippen molar-refractivity contribution in [2.24, 2.45) is 5.41 Å². The highest BCUT2D eigenvalue weighted by molar-refractivity contribution is 5.86.